The van der Waals surface area contributed by atoms with Crippen LogP contribution in [0.2, 0.25) is 0 Å². The van der Waals surface area contributed by atoms with Crippen LogP contribution < -0.4 is 11.1 Å². The van der Waals surface area contributed by atoms with Crippen molar-refractivity contribution in [2.45, 2.75) is 33.8 Å². The first-order chi connectivity index (χ1) is 11.2. The number of benzene rings is 1. The molecule has 0 bridgehead atoms. The molecule has 128 valence electrons. The Balaban J connectivity index is 2.31. The number of fused-ring (bicyclic) bond motifs is 1. The number of nitrogens with two attached hydrogens (primary N) is 1. The molecule has 0 aliphatic rings. The fraction of sp³-hybridized carbons (Fsp3) is 0.389. The zero-order valence-electron chi connectivity index (χ0n) is 14.4. The van der Waals surface area contributed by atoms with Crippen LogP contribution in [0.15, 0.2) is 30.5 Å². The molecule has 1 amide bonds. The van der Waals surface area contributed by atoms with Crippen molar-refractivity contribution < 1.29 is 14.3 Å². The minimum atomic E-state index is -0.804. The van der Waals surface area contributed by atoms with E-state index in [1.54, 1.807) is 6.20 Å². The third kappa shape index (κ3) is 4.01. The Morgan fingerprint density at radius 2 is 1.88 bits per heavy atom. The van der Waals surface area contributed by atoms with Gasteiger partial charge in [0.05, 0.1) is 6.54 Å². The lowest BCUT2D eigenvalue weighted by atomic mass is 9.89. The van der Waals surface area contributed by atoms with Crippen LogP contribution in [0.1, 0.15) is 38.1 Å². The molecule has 0 aliphatic heterocycles. The van der Waals surface area contributed by atoms with Crippen molar-refractivity contribution in [3.8, 4) is 0 Å². The standard InChI is InChI=1S/C18H23N3O3/c1-11(22)14-9-20-16(13-8-6-5-7-12(13)14)21-10-15(18(2,3)4)24-17(19)23/h5-9,15H,10H2,1-4H3,(H2,19,23)(H,20,21). The van der Waals surface area contributed by atoms with E-state index >= 15 is 0 Å². The molecule has 6 nitrogen and oxygen atoms in total. The number of rotatable bonds is 5. The highest BCUT2D eigenvalue weighted by atomic mass is 16.6. The maximum atomic E-state index is 11.8. The summed E-state index contributed by atoms with van der Waals surface area (Å²) in [5.41, 5.74) is 5.46. The van der Waals surface area contributed by atoms with Gasteiger partial charge in [-0.15, -0.1) is 0 Å². The molecule has 0 saturated heterocycles. The molecule has 0 radical (unpaired) electrons. The molecule has 0 spiro atoms. The lowest BCUT2D eigenvalue weighted by Gasteiger charge is -2.30. The van der Waals surface area contributed by atoms with Crippen molar-refractivity contribution >= 4 is 28.5 Å². The third-order valence-electron chi connectivity index (χ3n) is 3.85. The molecular formula is C18H23N3O3. The summed E-state index contributed by atoms with van der Waals surface area (Å²) in [4.78, 5) is 27.2. The Bertz CT molecular complexity index is 766. The normalized spacial score (nSPS) is 12.7. The lowest BCUT2D eigenvalue weighted by molar-refractivity contribution is 0.0457. The lowest BCUT2D eigenvalue weighted by Crippen LogP contribution is -2.39. The first-order valence-corrected chi connectivity index (χ1v) is 7.79. The number of ketones is 1. The number of aromatic nitrogens is 1. The number of pyridine rings is 1. The Labute approximate surface area is 141 Å². The average Bonchev–Trinajstić information content (AvgIpc) is 2.49. The number of ether oxygens (including phenoxy) is 1. The van der Waals surface area contributed by atoms with E-state index < -0.39 is 12.2 Å². The SMILES string of the molecule is CC(=O)c1cnc(NCC(OC(N)=O)C(C)(C)C)c2ccccc12. The highest BCUT2D eigenvalue weighted by molar-refractivity contribution is 6.09. The van der Waals surface area contributed by atoms with Crippen molar-refractivity contribution in [1.29, 1.82) is 0 Å². The summed E-state index contributed by atoms with van der Waals surface area (Å²) in [6.45, 7) is 7.78. The molecule has 0 fully saturated rings. The van der Waals surface area contributed by atoms with Crippen LogP contribution in [0.25, 0.3) is 10.8 Å². The summed E-state index contributed by atoms with van der Waals surface area (Å²) in [7, 11) is 0. The number of carbonyl (C=O) groups is 2. The molecule has 1 unspecified atom stereocenters. The van der Waals surface area contributed by atoms with Crippen LogP contribution >= 0.6 is 0 Å². The van der Waals surface area contributed by atoms with Crippen molar-refractivity contribution in [1.82, 2.24) is 4.98 Å². The van der Waals surface area contributed by atoms with Gasteiger partial charge < -0.3 is 15.8 Å². The van der Waals surface area contributed by atoms with E-state index in [9.17, 15) is 9.59 Å². The van der Waals surface area contributed by atoms with Crippen LogP contribution in [0.5, 0.6) is 0 Å². The van der Waals surface area contributed by atoms with Gasteiger partial charge in [0.15, 0.2) is 5.78 Å². The predicted octanol–water partition coefficient (Wildman–Crippen LogP) is 3.36. The fourth-order valence-electron chi connectivity index (χ4n) is 2.47. The second kappa shape index (κ2) is 6.86. The molecule has 0 saturated carbocycles. The van der Waals surface area contributed by atoms with Gasteiger partial charge >= 0.3 is 6.09 Å². The number of carbonyl (C=O) groups excluding carboxylic acids is 2. The Morgan fingerprint density at radius 1 is 1.25 bits per heavy atom. The molecule has 1 aromatic heterocycles. The zero-order chi connectivity index (χ0) is 17.9. The van der Waals surface area contributed by atoms with E-state index in [1.165, 1.54) is 6.92 Å². The monoisotopic (exact) mass is 329 g/mol. The van der Waals surface area contributed by atoms with Gasteiger partial charge in [0.1, 0.15) is 11.9 Å². The molecule has 0 aliphatic carbocycles. The topological polar surface area (TPSA) is 94.3 Å². The van der Waals surface area contributed by atoms with Gasteiger partial charge in [0, 0.05) is 22.6 Å². The van der Waals surface area contributed by atoms with Gasteiger partial charge in [-0.1, -0.05) is 45.0 Å². The Morgan fingerprint density at radius 3 is 2.42 bits per heavy atom. The Kier molecular flexibility index (Phi) is 5.07. The summed E-state index contributed by atoms with van der Waals surface area (Å²) in [5, 5.41) is 4.89. The molecule has 1 atom stereocenters. The first-order valence-electron chi connectivity index (χ1n) is 7.79. The quantitative estimate of drug-likeness (QED) is 0.820. The predicted molar refractivity (Wildman–Crippen MR) is 94.1 cm³/mol. The van der Waals surface area contributed by atoms with E-state index in [0.29, 0.717) is 17.9 Å². The molecule has 24 heavy (non-hydrogen) atoms. The number of Topliss-reactive ketones (excluding diaryl/α,β-unsaturated/α-hetero) is 1. The number of nitrogens with one attached hydrogen (secondary N) is 1. The van der Waals surface area contributed by atoms with Crippen molar-refractivity contribution in [3.63, 3.8) is 0 Å². The summed E-state index contributed by atoms with van der Waals surface area (Å²) >= 11 is 0. The van der Waals surface area contributed by atoms with Gasteiger partial charge in [0.25, 0.3) is 0 Å². The van der Waals surface area contributed by atoms with Crippen LogP contribution in [0.3, 0.4) is 0 Å². The van der Waals surface area contributed by atoms with Crippen molar-refractivity contribution in [2.24, 2.45) is 11.1 Å². The maximum absolute atomic E-state index is 11.8. The van der Waals surface area contributed by atoms with Crippen molar-refractivity contribution in [3.05, 3.63) is 36.0 Å². The van der Waals surface area contributed by atoms with Gasteiger partial charge in [-0.05, 0) is 12.3 Å². The Hall–Kier alpha value is -2.63. The highest BCUT2D eigenvalue weighted by Crippen LogP contribution is 2.27. The summed E-state index contributed by atoms with van der Waals surface area (Å²) in [5.74, 6) is 0.604. The van der Waals surface area contributed by atoms with Gasteiger partial charge in [-0.25, -0.2) is 9.78 Å². The highest BCUT2D eigenvalue weighted by Gasteiger charge is 2.28. The van der Waals surface area contributed by atoms with Crippen molar-refractivity contribution in [2.75, 3.05) is 11.9 Å². The van der Waals surface area contributed by atoms with Gasteiger partial charge in [-0.3, -0.25) is 4.79 Å². The molecular weight excluding hydrogens is 306 g/mol. The summed E-state index contributed by atoms with van der Waals surface area (Å²) in [6.07, 6.45) is 0.345. The van der Waals surface area contributed by atoms with E-state index in [1.807, 2.05) is 45.0 Å². The number of amides is 1. The van der Waals surface area contributed by atoms with E-state index in [4.69, 9.17) is 10.5 Å². The summed E-state index contributed by atoms with van der Waals surface area (Å²) < 4.78 is 5.20. The number of anilines is 1. The zero-order valence-corrected chi connectivity index (χ0v) is 14.4. The fourth-order valence-corrected chi connectivity index (χ4v) is 2.47. The van der Waals surface area contributed by atoms with Gasteiger partial charge in [0.2, 0.25) is 0 Å². The number of primary amides is 1. The van der Waals surface area contributed by atoms with E-state index in [0.717, 1.165) is 10.8 Å². The van der Waals surface area contributed by atoms with E-state index in [-0.39, 0.29) is 11.2 Å². The van der Waals surface area contributed by atoms with Crippen LogP contribution in [-0.4, -0.2) is 29.5 Å². The second-order valence-corrected chi connectivity index (χ2v) is 6.79. The molecule has 6 heteroatoms. The molecule has 1 heterocycles. The minimum Gasteiger partial charge on any atom is -0.444 e. The number of hydrogen-bond donors (Lipinski definition) is 2. The molecule has 3 N–H and O–H groups in total. The minimum absolute atomic E-state index is 0.0325. The summed E-state index contributed by atoms with van der Waals surface area (Å²) in [6, 6.07) is 7.56. The van der Waals surface area contributed by atoms with Crippen LogP contribution in [-0.2, 0) is 4.74 Å². The van der Waals surface area contributed by atoms with Gasteiger partial charge in [-0.2, -0.15) is 0 Å². The number of hydrogen-bond acceptors (Lipinski definition) is 5. The number of nitrogens with zero attached hydrogens (tertiary/aromatic N) is 1. The molecule has 2 aromatic rings. The average molecular weight is 329 g/mol. The van der Waals surface area contributed by atoms with Crippen LogP contribution in [0.4, 0.5) is 10.6 Å². The third-order valence-corrected chi connectivity index (χ3v) is 3.85. The first kappa shape index (κ1) is 17.7. The smallest absolute Gasteiger partial charge is 0.404 e. The second-order valence-electron chi connectivity index (χ2n) is 6.79. The van der Waals surface area contributed by atoms with E-state index in [2.05, 4.69) is 10.3 Å². The molecule has 1 aromatic carbocycles. The largest absolute Gasteiger partial charge is 0.444 e. The molecule has 2 rings (SSSR count). The van der Waals surface area contributed by atoms with Crippen LogP contribution in [0, 0.1) is 5.41 Å². The maximum Gasteiger partial charge on any atom is 0.404 e.